The van der Waals surface area contributed by atoms with E-state index in [2.05, 4.69) is 25.3 Å². The summed E-state index contributed by atoms with van der Waals surface area (Å²) >= 11 is 7.59. The van der Waals surface area contributed by atoms with Gasteiger partial charge in [0.05, 0.1) is 6.54 Å². The average molecular weight is 313 g/mol. The highest BCUT2D eigenvalue weighted by Gasteiger charge is 2.10. The minimum Gasteiger partial charge on any atom is -0.348 e. The second-order valence-electron chi connectivity index (χ2n) is 4.12. The molecule has 20 heavy (non-hydrogen) atoms. The van der Waals surface area contributed by atoms with Gasteiger partial charge in [0.2, 0.25) is 17.2 Å². The van der Waals surface area contributed by atoms with Gasteiger partial charge in [-0.25, -0.2) is 4.98 Å². The third kappa shape index (κ3) is 3.77. The summed E-state index contributed by atoms with van der Waals surface area (Å²) in [7, 11) is 0. The number of aryl methyl sites for hydroxylation is 1. The first kappa shape index (κ1) is 14.9. The maximum absolute atomic E-state index is 5.95. The molecule has 0 aliphatic carbocycles. The fourth-order valence-corrected chi connectivity index (χ4v) is 2.59. The number of thiazole rings is 1. The van der Waals surface area contributed by atoms with Gasteiger partial charge in [-0.3, -0.25) is 0 Å². The van der Waals surface area contributed by atoms with Crippen molar-refractivity contribution in [3.05, 3.63) is 21.4 Å². The minimum atomic E-state index is 0.194. The van der Waals surface area contributed by atoms with E-state index in [4.69, 9.17) is 11.6 Å². The SMILES string of the molecule is CCN(CC)c1nc(Cl)nc(NCc2ncc(C)s2)n1. The van der Waals surface area contributed by atoms with Crippen molar-refractivity contribution in [2.24, 2.45) is 0 Å². The van der Waals surface area contributed by atoms with Crippen LogP contribution in [0.25, 0.3) is 0 Å². The van der Waals surface area contributed by atoms with Crippen molar-refractivity contribution in [1.29, 1.82) is 0 Å². The van der Waals surface area contributed by atoms with Crippen LogP contribution >= 0.6 is 22.9 Å². The Morgan fingerprint density at radius 3 is 2.60 bits per heavy atom. The monoisotopic (exact) mass is 312 g/mol. The molecule has 0 bridgehead atoms. The molecule has 0 saturated heterocycles. The van der Waals surface area contributed by atoms with Crippen molar-refractivity contribution in [3.63, 3.8) is 0 Å². The van der Waals surface area contributed by atoms with E-state index in [9.17, 15) is 0 Å². The van der Waals surface area contributed by atoms with Gasteiger partial charge in [0, 0.05) is 24.2 Å². The lowest BCUT2D eigenvalue weighted by atomic mass is 10.5. The van der Waals surface area contributed by atoms with E-state index >= 15 is 0 Å². The molecule has 0 saturated carbocycles. The van der Waals surface area contributed by atoms with E-state index in [1.807, 2.05) is 31.9 Å². The highest BCUT2D eigenvalue weighted by molar-refractivity contribution is 7.11. The highest BCUT2D eigenvalue weighted by atomic mass is 35.5. The summed E-state index contributed by atoms with van der Waals surface area (Å²) in [5.74, 6) is 1.06. The lowest BCUT2D eigenvalue weighted by Gasteiger charge is -2.18. The Hall–Kier alpha value is -1.47. The summed E-state index contributed by atoms with van der Waals surface area (Å²) in [5, 5.41) is 4.32. The zero-order valence-corrected chi connectivity index (χ0v) is 13.3. The number of nitrogens with zero attached hydrogens (tertiary/aromatic N) is 5. The van der Waals surface area contributed by atoms with Gasteiger partial charge in [-0.1, -0.05) is 0 Å². The molecule has 2 heterocycles. The van der Waals surface area contributed by atoms with Crippen LogP contribution in [0.5, 0.6) is 0 Å². The first-order valence-electron chi connectivity index (χ1n) is 6.44. The Labute approximate surface area is 127 Å². The van der Waals surface area contributed by atoms with E-state index in [0.717, 1.165) is 18.1 Å². The van der Waals surface area contributed by atoms with Crippen molar-refractivity contribution >= 4 is 34.8 Å². The second kappa shape index (κ2) is 6.81. The van der Waals surface area contributed by atoms with Gasteiger partial charge in [0.25, 0.3) is 0 Å². The molecule has 1 N–H and O–H groups in total. The molecule has 0 radical (unpaired) electrons. The number of hydrogen-bond acceptors (Lipinski definition) is 7. The standard InChI is InChI=1S/C12H17ClN6S/c1-4-19(5-2)12-17-10(13)16-11(18-12)15-7-9-14-6-8(3)20-9/h6H,4-5,7H2,1-3H3,(H,15,16,17,18). The van der Waals surface area contributed by atoms with Crippen molar-refractivity contribution in [1.82, 2.24) is 19.9 Å². The van der Waals surface area contributed by atoms with Gasteiger partial charge >= 0.3 is 0 Å². The van der Waals surface area contributed by atoms with E-state index in [1.165, 1.54) is 4.88 Å². The molecule has 8 heteroatoms. The molecule has 2 rings (SSSR count). The zero-order valence-electron chi connectivity index (χ0n) is 11.7. The topological polar surface area (TPSA) is 66.8 Å². The van der Waals surface area contributed by atoms with E-state index < -0.39 is 0 Å². The fraction of sp³-hybridized carbons (Fsp3) is 0.500. The predicted octanol–water partition coefficient (Wildman–Crippen LogP) is 2.75. The maximum Gasteiger partial charge on any atom is 0.231 e. The molecule has 0 fully saturated rings. The molecule has 0 aliphatic rings. The molecular formula is C12H17ClN6S. The van der Waals surface area contributed by atoms with Crippen LogP contribution in [0, 0.1) is 6.92 Å². The van der Waals surface area contributed by atoms with Gasteiger partial charge < -0.3 is 10.2 Å². The molecule has 2 aromatic rings. The predicted molar refractivity (Wildman–Crippen MR) is 82.6 cm³/mol. The Balaban J connectivity index is 2.11. The maximum atomic E-state index is 5.95. The molecule has 108 valence electrons. The van der Waals surface area contributed by atoms with Crippen LogP contribution in [0.2, 0.25) is 5.28 Å². The lowest BCUT2D eigenvalue weighted by molar-refractivity contribution is 0.811. The minimum absolute atomic E-state index is 0.194. The van der Waals surface area contributed by atoms with Crippen LogP contribution in [-0.2, 0) is 6.54 Å². The molecule has 0 atom stereocenters. The van der Waals surface area contributed by atoms with Gasteiger partial charge in [-0.2, -0.15) is 15.0 Å². The molecule has 0 aliphatic heterocycles. The van der Waals surface area contributed by atoms with Crippen LogP contribution < -0.4 is 10.2 Å². The number of aromatic nitrogens is 4. The zero-order chi connectivity index (χ0) is 14.5. The molecule has 0 amide bonds. The van der Waals surface area contributed by atoms with Crippen LogP contribution in [0.1, 0.15) is 23.7 Å². The average Bonchev–Trinajstić information content (AvgIpc) is 2.83. The first-order valence-corrected chi connectivity index (χ1v) is 7.63. The third-order valence-electron chi connectivity index (χ3n) is 2.71. The Bertz CT molecular complexity index is 569. The third-order valence-corrected chi connectivity index (χ3v) is 3.79. The summed E-state index contributed by atoms with van der Waals surface area (Å²) in [6, 6.07) is 0. The molecular weight excluding hydrogens is 296 g/mol. The summed E-state index contributed by atoms with van der Waals surface area (Å²) < 4.78 is 0. The van der Waals surface area contributed by atoms with Gasteiger partial charge in [-0.15, -0.1) is 11.3 Å². The van der Waals surface area contributed by atoms with Crippen LogP contribution in [0.15, 0.2) is 6.20 Å². The smallest absolute Gasteiger partial charge is 0.231 e. The molecule has 2 aromatic heterocycles. The Morgan fingerprint density at radius 1 is 1.25 bits per heavy atom. The van der Waals surface area contributed by atoms with Crippen molar-refractivity contribution < 1.29 is 0 Å². The number of rotatable bonds is 6. The first-order chi connectivity index (χ1) is 9.62. The normalized spacial score (nSPS) is 10.6. The number of anilines is 2. The molecule has 0 spiro atoms. The summed E-state index contributed by atoms with van der Waals surface area (Å²) in [4.78, 5) is 20.1. The number of hydrogen-bond donors (Lipinski definition) is 1. The van der Waals surface area contributed by atoms with Crippen LogP contribution in [-0.4, -0.2) is 33.0 Å². The van der Waals surface area contributed by atoms with Gasteiger partial charge in [-0.05, 0) is 32.4 Å². The van der Waals surface area contributed by atoms with E-state index in [-0.39, 0.29) is 5.28 Å². The Kier molecular flexibility index (Phi) is 5.08. The quantitative estimate of drug-likeness (QED) is 0.884. The summed E-state index contributed by atoms with van der Waals surface area (Å²) in [6.07, 6.45) is 1.85. The molecule has 6 nitrogen and oxygen atoms in total. The summed E-state index contributed by atoms with van der Waals surface area (Å²) in [5.41, 5.74) is 0. The lowest BCUT2D eigenvalue weighted by Crippen LogP contribution is -2.25. The number of nitrogens with one attached hydrogen (secondary N) is 1. The number of halogens is 1. The van der Waals surface area contributed by atoms with Crippen molar-refractivity contribution in [2.45, 2.75) is 27.3 Å². The van der Waals surface area contributed by atoms with E-state index in [0.29, 0.717) is 18.4 Å². The second-order valence-corrected chi connectivity index (χ2v) is 5.78. The summed E-state index contributed by atoms with van der Waals surface area (Å²) in [6.45, 7) is 8.35. The Morgan fingerprint density at radius 2 is 2.00 bits per heavy atom. The van der Waals surface area contributed by atoms with Crippen LogP contribution in [0.3, 0.4) is 0 Å². The fourth-order valence-electron chi connectivity index (χ4n) is 1.70. The van der Waals surface area contributed by atoms with E-state index in [1.54, 1.807) is 11.3 Å². The van der Waals surface area contributed by atoms with Gasteiger partial charge in [0.1, 0.15) is 5.01 Å². The molecule has 0 unspecified atom stereocenters. The molecule has 0 aromatic carbocycles. The van der Waals surface area contributed by atoms with Crippen LogP contribution in [0.4, 0.5) is 11.9 Å². The van der Waals surface area contributed by atoms with Gasteiger partial charge in [0.15, 0.2) is 0 Å². The highest BCUT2D eigenvalue weighted by Crippen LogP contribution is 2.16. The largest absolute Gasteiger partial charge is 0.348 e. The van der Waals surface area contributed by atoms with Crippen molar-refractivity contribution in [2.75, 3.05) is 23.3 Å². The van der Waals surface area contributed by atoms with Crippen molar-refractivity contribution in [3.8, 4) is 0 Å².